The third kappa shape index (κ3) is 2.40. The Morgan fingerprint density at radius 3 is 2.76 bits per heavy atom. The molecule has 2 aromatic rings. The standard InChI is InChI=1S/C13H18N2O2/c1-4-6-10(5-2)13-15-12(8-16-13)11-7-14-17-9(11)3/h7-8,10H,4-6H2,1-3H3. The van der Waals surface area contributed by atoms with Gasteiger partial charge in [-0.15, -0.1) is 0 Å². The second kappa shape index (κ2) is 5.17. The van der Waals surface area contributed by atoms with Crippen LogP contribution in [0.4, 0.5) is 0 Å². The minimum Gasteiger partial charge on any atom is -0.448 e. The summed E-state index contributed by atoms with van der Waals surface area (Å²) < 4.78 is 10.6. The van der Waals surface area contributed by atoms with Gasteiger partial charge >= 0.3 is 0 Å². The summed E-state index contributed by atoms with van der Waals surface area (Å²) in [6.07, 6.45) is 6.67. The van der Waals surface area contributed by atoms with Gasteiger partial charge in [0.25, 0.3) is 0 Å². The number of aryl methyl sites for hydroxylation is 1. The van der Waals surface area contributed by atoms with Gasteiger partial charge in [0, 0.05) is 5.92 Å². The first-order valence-electron chi connectivity index (χ1n) is 6.13. The highest BCUT2D eigenvalue weighted by atomic mass is 16.5. The average molecular weight is 234 g/mol. The fourth-order valence-corrected chi connectivity index (χ4v) is 1.99. The largest absolute Gasteiger partial charge is 0.448 e. The molecule has 0 aliphatic heterocycles. The van der Waals surface area contributed by atoms with E-state index < -0.39 is 0 Å². The van der Waals surface area contributed by atoms with Crippen molar-refractivity contribution in [2.45, 2.75) is 46.0 Å². The molecule has 0 aliphatic rings. The van der Waals surface area contributed by atoms with Crippen LogP contribution in [-0.4, -0.2) is 10.1 Å². The van der Waals surface area contributed by atoms with Gasteiger partial charge in [0.15, 0.2) is 5.89 Å². The summed E-state index contributed by atoms with van der Waals surface area (Å²) in [7, 11) is 0. The minimum absolute atomic E-state index is 0.411. The molecule has 1 atom stereocenters. The van der Waals surface area contributed by atoms with Crippen molar-refractivity contribution in [3.05, 3.63) is 24.1 Å². The van der Waals surface area contributed by atoms with Gasteiger partial charge in [-0.2, -0.15) is 0 Å². The highest BCUT2D eigenvalue weighted by Crippen LogP contribution is 2.28. The Kier molecular flexibility index (Phi) is 3.61. The van der Waals surface area contributed by atoms with Crippen LogP contribution in [0.1, 0.15) is 50.7 Å². The number of aromatic nitrogens is 2. The van der Waals surface area contributed by atoms with Crippen LogP contribution < -0.4 is 0 Å². The summed E-state index contributed by atoms with van der Waals surface area (Å²) in [4.78, 5) is 4.54. The van der Waals surface area contributed by atoms with Crippen molar-refractivity contribution in [1.29, 1.82) is 0 Å². The van der Waals surface area contributed by atoms with Crippen LogP contribution in [0.25, 0.3) is 11.3 Å². The van der Waals surface area contributed by atoms with E-state index in [9.17, 15) is 0 Å². The topological polar surface area (TPSA) is 52.1 Å². The molecule has 0 aromatic carbocycles. The number of oxazole rings is 1. The molecular formula is C13H18N2O2. The van der Waals surface area contributed by atoms with Crippen molar-refractivity contribution in [1.82, 2.24) is 10.1 Å². The molecule has 4 heteroatoms. The highest BCUT2D eigenvalue weighted by Gasteiger charge is 2.17. The van der Waals surface area contributed by atoms with E-state index in [1.807, 2.05) is 6.92 Å². The fraction of sp³-hybridized carbons (Fsp3) is 0.538. The lowest BCUT2D eigenvalue weighted by Gasteiger charge is -2.07. The van der Waals surface area contributed by atoms with Gasteiger partial charge < -0.3 is 8.94 Å². The van der Waals surface area contributed by atoms with Crippen LogP contribution in [0, 0.1) is 6.92 Å². The van der Waals surface area contributed by atoms with Gasteiger partial charge in [0.2, 0.25) is 0 Å². The first kappa shape index (κ1) is 11.9. The molecule has 0 aliphatic carbocycles. The molecule has 0 bridgehead atoms. The molecule has 0 amide bonds. The zero-order valence-corrected chi connectivity index (χ0v) is 10.6. The smallest absolute Gasteiger partial charge is 0.197 e. The third-order valence-corrected chi connectivity index (χ3v) is 3.03. The van der Waals surface area contributed by atoms with Crippen molar-refractivity contribution in [3.63, 3.8) is 0 Å². The molecule has 17 heavy (non-hydrogen) atoms. The first-order valence-corrected chi connectivity index (χ1v) is 6.13. The third-order valence-electron chi connectivity index (χ3n) is 3.03. The monoisotopic (exact) mass is 234 g/mol. The fourth-order valence-electron chi connectivity index (χ4n) is 1.99. The van der Waals surface area contributed by atoms with E-state index in [0.29, 0.717) is 5.92 Å². The molecular weight excluding hydrogens is 216 g/mol. The summed E-state index contributed by atoms with van der Waals surface area (Å²) in [5, 5.41) is 3.75. The van der Waals surface area contributed by atoms with Crippen molar-refractivity contribution in [2.24, 2.45) is 0 Å². The molecule has 92 valence electrons. The Morgan fingerprint density at radius 2 is 2.18 bits per heavy atom. The summed E-state index contributed by atoms with van der Waals surface area (Å²) in [6, 6.07) is 0. The lowest BCUT2D eigenvalue weighted by molar-refractivity contribution is 0.398. The van der Waals surface area contributed by atoms with Gasteiger partial charge in [-0.25, -0.2) is 4.98 Å². The molecule has 0 spiro atoms. The Balaban J connectivity index is 2.24. The van der Waals surface area contributed by atoms with E-state index in [4.69, 9.17) is 8.94 Å². The predicted molar refractivity (Wildman–Crippen MR) is 64.7 cm³/mol. The molecule has 4 nitrogen and oxygen atoms in total. The van der Waals surface area contributed by atoms with Crippen molar-refractivity contribution in [3.8, 4) is 11.3 Å². The van der Waals surface area contributed by atoms with Crippen LogP contribution >= 0.6 is 0 Å². The molecule has 0 N–H and O–H groups in total. The predicted octanol–water partition coefficient (Wildman–Crippen LogP) is 3.93. The van der Waals surface area contributed by atoms with E-state index in [0.717, 1.165) is 42.2 Å². The Labute approximate surface area is 101 Å². The van der Waals surface area contributed by atoms with Gasteiger partial charge in [-0.3, -0.25) is 0 Å². The zero-order valence-electron chi connectivity index (χ0n) is 10.6. The van der Waals surface area contributed by atoms with Gasteiger partial charge in [0.05, 0.1) is 11.8 Å². The number of rotatable bonds is 5. The van der Waals surface area contributed by atoms with E-state index >= 15 is 0 Å². The molecule has 0 fully saturated rings. The van der Waals surface area contributed by atoms with Crippen LogP contribution in [0.3, 0.4) is 0 Å². The maximum atomic E-state index is 5.57. The minimum atomic E-state index is 0.411. The highest BCUT2D eigenvalue weighted by molar-refractivity contribution is 5.58. The number of hydrogen-bond donors (Lipinski definition) is 0. The zero-order chi connectivity index (χ0) is 12.3. The molecule has 2 heterocycles. The van der Waals surface area contributed by atoms with E-state index in [2.05, 4.69) is 24.0 Å². The van der Waals surface area contributed by atoms with Gasteiger partial charge in [-0.1, -0.05) is 25.4 Å². The number of hydrogen-bond acceptors (Lipinski definition) is 4. The maximum absolute atomic E-state index is 5.57. The van der Waals surface area contributed by atoms with Gasteiger partial charge in [-0.05, 0) is 19.8 Å². The van der Waals surface area contributed by atoms with Crippen LogP contribution in [0.5, 0.6) is 0 Å². The average Bonchev–Trinajstić information content (AvgIpc) is 2.94. The quantitative estimate of drug-likeness (QED) is 0.786. The molecule has 0 saturated heterocycles. The van der Waals surface area contributed by atoms with Crippen molar-refractivity contribution >= 4 is 0 Å². The maximum Gasteiger partial charge on any atom is 0.197 e. The molecule has 0 saturated carbocycles. The Bertz CT molecular complexity index is 473. The van der Waals surface area contributed by atoms with Crippen LogP contribution in [0.2, 0.25) is 0 Å². The summed E-state index contributed by atoms with van der Waals surface area (Å²) in [5.74, 6) is 2.01. The van der Waals surface area contributed by atoms with Crippen LogP contribution in [0.15, 0.2) is 21.4 Å². The Morgan fingerprint density at radius 1 is 1.35 bits per heavy atom. The lowest BCUT2D eigenvalue weighted by atomic mass is 10.0. The van der Waals surface area contributed by atoms with Crippen LogP contribution in [-0.2, 0) is 0 Å². The molecule has 2 rings (SSSR count). The van der Waals surface area contributed by atoms with Crippen molar-refractivity contribution in [2.75, 3.05) is 0 Å². The second-order valence-corrected chi connectivity index (χ2v) is 4.26. The van der Waals surface area contributed by atoms with E-state index in [1.165, 1.54) is 0 Å². The van der Waals surface area contributed by atoms with Crippen molar-refractivity contribution < 1.29 is 8.94 Å². The summed E-state index contributed by atoms with van der Waals surface area (Å²) >= 11 is 0. The molecule has 1 unspecified atom stereocenters. The summed E-state index contributed by atoms with van der Waals surface area (Å²) in [5.41, 5.74) is 1.72. The SMILES string of the molecule is CCCC(CC)c1nc(-c2cnoc2C)co1. The molecule has 2 aromatic heterocycles. The Hall–Kier alpha value is -1.58. The lowest BCUT2D eigenvalue weighted by Crippen LogP contribution is -1.97. The van der Waals surface area contributed by atoms with E-state index in [-0.39, 0.29) is 0 Å². The second-order valence-electron chi connectivity index (χ2n) is 4.26. The summed E-state index contributed by atoms with van der Waals surface area (Å²) in [6.45, 7) is 6.21. The normalized spacial score (nSPS) is 12.9. The van der Waals surface area contributed by atoms with Gasteiger partial charge in [0.1, 0.15) is 17.7 Å². The number of nitrogens with zero attached hydrogens (tertiary/aromatic N) is 2. The first-order chi connectivity index (χ1) is 8.26. The van der Waals surface area contributed by atoms with E-state index in [1.54, 1.807) is 12.5 Å². The molecule has 0 radical (unpaired) electrons.